The van der Waals surface area contributed by atoms with Crippen LogP contribution in [0.1, 0.15) is 26.6 Å². The number of hydrogen-bond acceptors (Lipinski definition) is 7. The Kier molecular flexibility index (Phi) is 5.15. The SMILES string of the molecule is Cc1sc2nc(CN3CCOCC3)nc(Oc3ccc(C=O)cc3)c2c1C. The van der Waals surface area contributed by atoms with Crippen LogP contribution in [0.4, 0.5) is 0 Å². The first-order valence-electron chi connectivity index (χ1n) is 8.94. The first-order chi connectivity index (χ1) is 13.1. The monoisotopic (exact) mass is 383 g/mol. The van der Waals surface area contributed by atoms with Gasteiger partial charge in [-0.3, -0.25) is 9.69 Å². The van der Waals surface area contributed by atoms with Gasteiger partial charge in [0.25, 0.3) is 0 Å². The van der Waals surface area contributed by atoms with Gasteiger partial charge in [0.2, 0.25) is 5.88 Å². The zero-order valence-electron chi connectivity index (χ0n) is 15.4. The molecule has 1 saturated heterocycles. The number of carbonyl (C=O) groups is 1. The Morgan fingerprint density at radius 1 is 1.19 bits per heavy atom. The van der Waals surface area contributed by atoms with Gasteiger partial charge in [0, 0.05) is 23.5 Å². The lowest BCUT2D eigenvalue weighted by Gasteiger charge is -2.25. The molecule has 7 heteroatoms. The third-order valence-corrected chi connectivity index (χ3v) is 5.84. The highest BCUT2D eigenvalue weighted by Gasteiger charge is 2.19. The van der Waals surface area contributed by atoms with Crippen LogP contribution in [0.25, 0.3) is 10.2 Å². The predicted molar refractivity (Wildman–Crippen MR) is 105 cm³/mol. The minimum Gasteiger partial charge on any atom is -0.438 e. The van der Waals surface area contributed by atoms with Crippen molar-refractivity contribution in [3.63, 3.8) is 0 Å². The molecule has 1 fully saturated rings. The third kappa shape index (κ3) is 3.85. The topological polar surface area (TPSA) is 64.6 Å². The minimum atomic E-state index is 0.573. The second-order valence-corrected chi connectivity index (χ2v) is 7.79. The van der Waals surface area contributed by atoms with Gasteiger partial charge in [0.15, 0.2) is 0 Å². The molecular formula is C20H21N3O3S. The van der Waals surface area contributed by atoms with Crippen LogP contribution in [-0.4, -0.2) is 47.5 Å². The largest absolute Gasteiger partial charge is 0.438 e. The lowest BCUT2D eigenvalue weighted by atomic mass is 10.2. The van der Waals surface area contributed by atoms with Crippen LogP contribution in [0.3, 0.4) is 0 Å². The summed E-state index contributed by atoms with van der Waals surface area (Å²) in [6.07, 6.45) is 0.819. The zero-order chi connectivity index (χ0) is 18.8. The molecule has 1 aromatic carbocycles. The van der Waals surface area contributed by atoms with Gasteiger partial charge >= 0.3 is 0 Å². The average molecular weight is 383 g/mol. The Morgan fingerprint density at radius 2 is 1.93 bits per heavy atom. The van der Waals surface area contributed by atoms with Crippen LogP contribution < -0.4 is 4.74 Å². The number of hydrogen-bond donors (Lipinski definition) is 0. The molecule has 0 N–H and O–H groups in total. The van der Waals surface area contributed by atoms with E-state index in [0.717, 1.165) is 54.2 Å². The van der Waals surface area contributed by atoms with Gasteiger partial charge in [-0.05, 0) is 43.7 Å². The number of rotatable bonds is 5. The molecule has 0 atom stereocenters. The quantitative estimate of drug-likeness (QED) is 0.625. The van der Waals surface area contributed by atoms with Crippen molar-refractivity contribution in [1.29, 1.82) is 0 Å². The molecule has 1 aliphatic heterocycles. The molecule has 0 bridgehead atoms. The summed E-state index contributed by atoms with van der Waals surface area (Å²) in [6, 6.07) is 7.05. The first-order valence-corrected chi connectivity index (χ1v) is 9.75. The van der Waals surface area contributed by atoms with Crippen molar-refractivity contribution >= 4 is 27.8 Å². The number of aryl methyl sites for hydroxylation is 2. The fourth-order valence-electron chi connectivity index (χ4n) is 3.08. The maximum atomic E-state index is 10.9. The fraction of sp³-hybridized carbons (Fsp3) is 0.350. The number of fused-ring (bicyclic) bond motifs is 1. The number of ether oxygens (including phenoxy) is 2. The van der Waals surface area contributed by atoms with E-state index < -0.39 is 0 Å². The highest BCUT2D eigenvalue weighted by Crippen LogP contribution is 2.36. The van der Waals surface area contributed by atoms with Crippen LogP contribution in [0.15, 0.2) is 24.3 Å². The van der Waals surface area contributed by atoms with E-state index in [2.05, 4.69) is 18.7 Å². The molecule has 2 aromatic heterocycles. The molecule has 4 rings (SSSR count). The molecular weight excluding hydrogens is 362 g/mol. The second kappa shape index (κ2) is 7.72. The van der Waals surface area contributed by atoms with Gasteiger partial charge in [-0.25, -0.2) is 4.98 Å². The van der Waals surface area contributed by atoms with Gasteiger partial charge in [-0.2, -0.15) is 4.98 Å². The maximum absolute atomic E-state index is 10.9. The summed E-state index contributed by atoms with van der Waals surface area (Å²) in [5.41, 5.74) is 1.76. The Hall–Kier alpha value is -2.35. The summed E-state index contributed by atoms with van der Waals surface area (Å²) in [4.78, 5) is 24.8. The normalized spacial score (nSPS) is 15.2. The van der Waals surface area contributed by atoms with Crippen molar-refractivity contribution < 1.29 is 14.3 Å². The summed E-state index contributed by atoms with van der Waals surface area (Å²) in [5, 5.41) is 0.961. The molecule has 1 aliphatic rings. The molecule has 3 heterocycles. The molecule has 0 spiro atoms. The minimum absolute atomic E-state index is 0.573. The summed E-state index contributed by atoms with van der Waals surface area (Å²) >= 11 is 1.67. The van der Waals surface area contributed by atoms with Crippen LogP contribution in [0.5, 0.6) is 11.6 Å². The molecule has 0 aliphatic carbocycles. The van der Waals surface area contributed by atoms with E-state index in [4.69, 9.17) is 19.4 Å². The summed E-state index contributed by atoms with van der Waals surface area (Å²) < 4.78 is 11.5. The summed E-state index contributed by atoms with van der Waals surface area (Å²) in [5.74, 6) is 1.98. The van der Waals surface area contributed by atoms with E-state index in [0.29, 0.717) is 23.7 Å². The average Bonchev–Trinajstić information content (AvgIpc) is 2.97. The highest BCUT2D eigenvalue weighted by molar-refractivity contribution is 7.18. The van der Waals surface area contributed by atoms with Gasteiger partial charge in [-0.1, -0.05) is 0 Å². The second-order valence-electron chi connectivity index (χ2n) is 6.59. The first kappa shape index (κ1) is 18.0. The third-order valence-electron chi connectivity index (χ3n) is 4.74. The molecule has 140 valence electrons. The van der Waals surface area contributed by atoms with E-state index >= 15 is 0 Å². The number of aromatic nitrogens is 2. The standard InChI is InChI=1S/C20H21N3O3S/c1-13-14(2)27-20-18(13)19(26-16-5-3-15(12-24)4-6-16)21-17(22-20)11-23-7-9-25-10-8-23/h3-6,12H,7-11H2,1-2H3. The van der Waals surface area contributed by atoms with Crippen LogP contribution in [0.2, 0.25) is 0 Å². The lowest BCUT2D eigenvalue weighted by Crippen LogP contribution is -2.36. The maximum Gasteiger partial charge on any atom is 0.231 e. The smallest absolute Gasteiger partial charge is 0.231 e. The van der Waals surface area contributed by atoms with E-state index in [1.807, 2.05) is 0 Å². The van der Waals surface area contributed by atoms with Crippen molar-refractivity contribution in [3.05, 3.63) is 46.1 Å². The molecule has 0 amide bonds. The van der Waals surface area contributed by atoms with Crippen molar-refractivity contribution in [2.75, 3.05) is 26.3 Å². The summed E-state index contributed by atoms with van der Waals surface area (Å²) in [6.45, 7) is 8.08. The number of benzene rings is 1. The fourth-order valence-corrected chi connectivity index (χ4v) is 4.12. The van der Waals surface area contributed by atoms with Gasteiger partial charge < -0.3 is 9.47 Å². The number of nitrogens with zero attached hydrogens (tertiary/aromatic N) is 3. The molecule has 3 aromatic rings. The predicted octanol–water partition coefficient (Wildman–Crippen LogP) is 3.75. The lowest BCUT2D eigenvalue weighted by molar-refractivity contribution is 0.0330. The van der Waals surface area contributed by atoms with Gasteiger partial charge in [0.1, 0.15) is 22.7 Å². The van der Waals surface area contributed by atoms with Crippen LogP contribution in [0, 0.1) is 13.8 Å². The Morgan fingerprint density at radius 3 is 2.63 bits per heavy atom. The Labute approximate surface area is 161 Å². The number of thiophene rings is 1. The Balaban J connectivity index is 1.70. The van der Waals surface area contributed by atoms with E-state index in [1.54, 1.807) is 35.6 Å². The van der Waals surface area contributed by atoms with Gasteiger partial charge in [-0.15, -0.1) is 11.3 Å². The molecule has 0 unspecified atom stereocenters. The van der Waals surface area contributed by atoms with E-state index in [-0.39, 0.29) is 0 Å². The van der Waals surface area contributed by atoms with Crippen LogP contribution in [-0.2, 0) is 11.3 Å². The highest BCUT2D eigenvalue weighted by atomic mass is 32.1. The molecule has 0 radical (unpaired) electrons. The van der Waals surface area contributed by atoms with Crippen molar-refractivity contribution in [3.8, 4) is 11.6 Å². The van der Waals surface area contributed by atoms with Crippen molar-refractivity contribution in [2.24, 2.45) is 0 Å². The van der Waals surface area contributed by atoms with Gasteiger partial charge in [0.05, 0.1) is 25.1 Å². The molecule has 0 saturated carbocycles. The van der Waals surface area contributed by atoms with Crippen LogP contribution >= 0.6 is 11.3 Å². The van der Waals surface area contributed by atoms with Crippen molar-refractivity contribution in [2.45, 2.75) is 20.4 Å². The zero-order valence-corrected chi connectivity index (χ0v) is 16.2. The van der Waals surface area contributed by atoms with E-state index in [1.165, 1.54) is 4.88 Å². The van der Waals surface area contributed by atoms with Crippen molar-refractivity contribution in [1.82, 2.24) is 14.9 Å². The number of carbonyl (C=O) groups excluding carboxylic acids is 1. The molecule has 6 nitrogen and oxygen atoms in total. The number of morpholine rings is 1. The Bertz CT molecular complexity index is 963. The summed E-state index contributed by atoms with van der Waals surface area (Å²) in [7, 11) is 0. The molecule has 27 heavy (non-hydrogen) atoms. The van der Waals surface area contributed by atoms with E-state index in [9.17, 15) is 4.79 Å². The number of aldehydes is 1.